The molecule has 0 aromatic heterocycles. The molecule has 0 aliphatic carbocycles. The summed E-state index contributed by atoms with van der Waals surface area (Å²) in [7, 11) is -30.6. The Morgan fingerprint density at radius 3 is 0.241 bits per heavy atom. The van der Waals surface area contributed by atoms with E-state index in [0.717, 1.165) is 28.4 Å². The van der Waals surface area contributed by atoms with Crippen LogP contribution in [0.2, 0.25) is 0 Å². The van der Waals surface area contributed by atoms with E-state index in [4.69, 9.17) is 0 Å². The zero-order chi connectivity index (χ0) is 92.7. The van der Waals surface area contributed by atoms with Crippen molar-refractivity contribution in [2.24, 2.45) is 0 Å². The fourth-order valence-electron chi connectivity index (χ4n) is 4.64. The third-order valence-corrected chi connectivity index (χ3v) is 16.3. The minimum absolute atomic E-state index is 0. The van der Waals surface area contributed by atoms with Crippen molar-refractivity contribution in [3.05, 3.63) is 0 Å². The first-order valence-electron chi connectivity index (χ1n) is 21.9. The zero-order valence-corrected chi connectivity index (χ0v) is 50.9. The van der Waals surface area contributed by atoms with Gasteiger partial charge in [-0.3, -0.25) is 28.4 Å². The molecule has 1 radical (unpaired) electrons. The molecule has 0 fully saturated rings. The smallest absolute Gasteiger partial charge is 0.790 e. The summed E-state index contributed by atoms with van der Waals surface area (Å²) in [5.41, 5.74) is -52.1. The number of alkyl halides is 66. The topological polar surface area (TPSA) is 176 Å². The molecule has 0 saturated carbocycles. The van der Waals surface area contributed by atoms with Crippen LogP contribution in [0, 0.1) is 46.9 Å². The van der Waals surface area contributed by atoms with Gasteiger partial charge in [-0.05, 0) is 0 Å². The number of rotatable bonds is 24. The summed E-state index contributed by atoms with van der Waals surface area (Å²) in [6, 6.07) is 0. The minimum atomic E-state index is -10.2. The Balaban J connectivity index is -0.000000778. The van der Waals surface area contributed by atoms with E-state index >= 15 is 0 Å². The van der Waals surface area contributed by atoms with Crippen LogP contribution >= 0.6 is 22.1 Å². The summed E-state index contributed by atoms with van der Waals surface area (Å²) in [6.45, 7) is 0. The molecule has 0 N–H and O–H groups in total. The Kier molecular flexibility index (Phi) is 31.7. The van der Waals surface area contributed by atoms with E-state index in [1.165, 1.54) is 0 Å². The Hall–Kier alpha value is -2.77. The van der Waals surface area contributed by atoms with Crippen LogP contribution in [0.15, 0.2) is 0 Å². The van der Waals surface area contributed by atoms with E-state index < -0.39 is 202 Å². The van der Waals surface area contributed by atoms with Crippen molar-refractivity contribution in [3.8, 4) is 0 Å². The van der Waals surface area contributed by atoms with Gasteiger partial charge in [0.1, 0.15) is 0 Å². The molecule has 0 aliphatic heterocycles. The summed E-state index contributed by atoms with van der Waals surface area (Å²) in [6.07, 6.45) is -146. The van der Waals surface area contributed by atoms with E-state index in [1.54, 1.807) is 0 Å². The number of hydrogen-bond donors (Lipinski definition) is 0. The Morgan fingerprint density at radius 2 is 0.196 bits per heavy atom. The maximum absolute atomic E-state index is 13.5. The van der Waals surface area contributed by atoms with Crippen LogP contribution in [-0.2, 0) is 42.1 Å². The van der Waals surface area contributed by atoms with Crippen molar-refractivity contribution in [2.75, 3.05) is 0 Å². The summed E-state index contributed by atoms with van der Waals surface area (Å²) >= 11 is 0. The molecule has 0 bridgehead atoms. The van der Waals surface area contributed by atoms with Gasteiger partial charge in [0.15, 0.2) is 22.1 Å². The molecule has 0 unspecified atom stereocenters. The fourth-order valence-corrected chi connectivity index (χ4v) is 8.03. The Bertz CT molecular complexity index is 2700. The van der Waals surface area contributed by atoms with Gasteiger partial charge in [-0.25, -0.2) is 0 Å². The van der Waals surface area contributed by atoms with Gasteiger partial charge in [-0.2, -0.15) is 290 Å². The third kappa shape index (κ3) is 19.5. The molecule has 0 aliphatic rings. The van der Waals surface area contributed by atoms with Gasteiger partial charge in [-0.15, -0.1) is 0 Å². The molecule has 0 heterocycles. The van der Waals surface area contributed by atoms with Crippen LogP contribution in [0.1, 0.15) is 0 Å². The molecular formula is C30F66O12P3Yb. The molecule has 0 spiro atoms. The maximum atomic E-state index is 13.5. The monoisotopic (exact) mass is 2070 g/mol. The molecule has 0 amide bonds. The van der Waals surface area contributed by atoms with Crippen molar-refractivity contribution >= 4 is 22.1 Å². The molecule has 0 aromatic rings. The Morgan fingerprint density at radius 1 is 0.143 bits per heavy atom. The van der Waals surface area contributed by atoms with Crippen molar-refractivity contribution in [2.45, 2.75) is 180 Å². The molecule has 683 valence electrons. The average Bonchev–Trinajstić information content (AvgIpc) is 0.711. The zero-order valence-electron chi connectivity index (χ0n) is 46.5. The third-order valence-electron chi connectivity index (χ3n) is 10.3. The standard InChI is InChI=1S/3C10HF22O4P.Yb/c3*11-1(3(13,14)15,4(16,17)18)35-7(25,26)9(29,30)37(33,34)10(31,32)8(27,28)36-2(12,5(19,20)21)6(22,23)24;/h3*(H,33,34);/q;;;+3/p-3. The average molecular weight is 2070 g/mol. The second-order valence-electron chi connectivity index (χ2n) is 18.2. The predicted octanol–water partition coefficient (Wildman–Crippen LogP) is 19.8. The van der Waals surface area contributed by atoms with Gasteiger partial charge < -0.3 is 28.4 Å². The van der Waals surface area contributed by atoms with E-state index in [1.807, 2.05) is 0 Å². The van der Waals surface area contributed by atoms with Crippen LogP contribution in [0.4, 0.5) is 290 Å². The van der Waals surface area contributed by atoms with E-state index in [9.17, 15) is 318 Å². The van der Waals surface area contributed by atoms with Crippen molar-refractivity contribution in [1.82, 2.24) is 0 Å². The van der Waals surface area contributed by atoms with E-state index in [2.05, 4.69) is 0 Å². The second kappa shape index (κ2) is 30.7. The van der Waals surface area contributed by atoms with Gasteiger partial charge in [0.2, 0.25) is 0 Å². The van der Waals surface area contributed by atoms with Gasteiger partial charge in [0.05, 0.1) is 0 Å². The molecular weight excluding hydrogens is 2070 g/mol. The quantitative estimate of drug-likeness (QED) is 0.0661. The van der Waals surface area contributed by atoms with E-state index in [0.29, 0.717) is 0 Å². The minimum Gasteiger partial charge on any atom is -0.790 e. The second-order valence-corrected chi connectivity index (χ2v) is 24.8. The normalized spacial score (nSPS) is 16.7. The van der Waals surface area contributed by atoms with Crippen molar-refractivity contribution in [1.29, 1.82) is 0 Å². The van der Waals surface area contributed by atoms with Crippen molar-refractivity contribution < 1.29 is 393 Å². The molecule has 0 saturated heterocycles. The van der Waals surface area contributed by atoms with Gasteiger partial charge in [0, 0.05) is 0 Å². The molecule has 0 aromatic carbocycles. The van der Waals surface area contributed by atoms with Crippen LogP contribution in [0.3, 0.4) is 0 Å². The molecule has 82 heteroatoms. The first-order chi connectivity index (χ1) is 46.2. The number of ether oxygens (including phenoxy) is 6. The summed E-state index contributed by atoms with van der Waals surface area (Å²) in [5.74, 6) is -48.7. The van der Waals surface area contributed by atoms with E-state index in [-0.39, 0.29) is 46.9 Å². The summed E-state index contributed by atoms with van der Waals surface area (Å²) < 4.78 is 876. The Labute approximate surface area is 594 Å². The fraction of sp³-hybridized carbons (Fsp3) is 1.00. The largest absolute Gasteiger partial charge is 3.00 e. The molecule has 0 atom stereocenters. The molecule has 12 nitrogen and oxygen atoms in total. The van der Waals surface area contributed by atoms with Crippen LogP contribution in [0.5, 0.6) is 0 Å². The predicted molar refractivity (Wildman–Crippen MR) is 184 cm³/mol. The SMILES string of the molecule is O=P([O-])(C(F)(F)C(F)(F)OC(F)(C(F)(F)F)C(F)(F)F)C(F)(F)C(F)(F)OC(F)(C(F)(F)F)C(F)(F)F.O=P([O-])(C(F)(F)C(F)(F)OC(F)(C(F)(F)F)C(F)(F)F)C(F)(F)C(F)(F)OC(F)(C(F)(F)F)C(F)(F)F.O=P([O-])(C(F)(F)C(F)(F)OC(F)(C(F)(F)F)C(F)(F)F)C(F)(F)C(F)(F)OC(F)(C(F)(F)F)C(F)(F)F.[Yb+3]. The number of halogens is 66. The summed E-state index contributed by atoms with van der Waals surface area (Å²) in [5, 5.41) is 0. The first kappa shape index (κ1) is 116. The first-order valence-corrected chi connectivity index (χ1v) is 26.7. The molecule has 112 heavy (non-hydrogen) atoms. The van der Waals surface area contributed by atoms with Crippen molar-refractivity contribution in [3.63, 3.8) is 0 Å². The summed E-state index contributed by atoms with van der Waals surface area (Å²) in [4.78, 5) is 32.9. The van der Waals surface area contributed by atoms with Gasteiger partial charge in [-0.1, -0.05) is 0 Å². The number of hydrogen-bond acceptors (Lipinski definition) is 12. The van der Waals surface area contributed by atoms with Gasteiger partial charge in [0.25, 0.3) is 0 Å². The van der Waals surface area contributed by atoms with Crippen LogP contribution in [-0.4, -0.2) is 180 Å². The maximum Gasteiger partial charge on any atom is 3.00 e. The van der Waals surface area contributed by atoms with Crippen LogP contribution in [0.25, 0.3) is 0 Å². The van der Waals surface area contributed by atoms with Crippen LogP contribution < -0.4 is 14.7 Å². The molecule has 0 rings (SSSR count). The van der Waals surface area contributed by atoms with Gasteiger partial charge >= 0.3 is 227 Å².